The van der Waals surface area contributed by atoms with Crippen LogP contribution in [0.1, 0.15) is 22.2 Å². The number of carbonyl (C=O) groups is 2. The number of rotatable bonds is 4. The average molecular weight is 366 g/mol. The molecule has 0 aliphatic heterocycles. The Morgan fingerprint density at radius 3 is 2.48 bits per heavy atom. The Balaban J connectivity index is 1.94. The van der Waals surface area contributed by atoms with E-state index in [0.717, 1.165) is 8.66 Å². The van der Waals surface area contributed by atoms with Crippen LogP contribution in [0.3, 0.4) is 0 Å². The number of hydrazone groups is 1. The summed E-state index contributed by atoms with van der Waals surface area (Å²) in [6.07, 6.45) is 1.58. The van der Waals surface area contributed by atoms with E-state index >= 15 is 0 Å². The predicted octanol–water partition coefficient (Wildman–Crippen LogP) is 3.23. The van der Waals surface area contributed by atoms with E-state index in [1.165, 1.54) is 18.3 Å². The van der Waals surface area contributed by atoms with Crippen molar-refractivity contribution in [3.8, 4) is 0 Å². The summed E-state index contributed by atoms with van der Waals surface area (Å²) in [5, 5.41) is 6.53. The molecule has 1 aromatic heterocycles. The lowest BCUT2D eigenvalue weighted by Gasteiger charge is -2.03. The number of hydrogen-bond acceptors (Lipinski definition) is 4. The van der Waals surface area contributed by atoms with Gasteiger partial charge in [-0.2, -0.15) is 5.10 Å². The van der Waals surface area contributed by atoms with Crippen molar-refractivity contribution in [2.45, 2.75) is 6.92 Å². The Hall–Kier alpha value is -1.99. The van der Waals surface area contributed by atoms with Crippen molar-refractivity contribution < 1.29 is 9.59 Å². The summed E-state index contributed by atoms with van der Waals surface area (Å²) >= 11 is 4.87. The molecule has 108 valence electrons. The van der Waals surface area contributed by atoms with Crippen LogP contribution in [0.25, 0.3) is 0 Å². The van der Waals surface area contributed by atoms with E-state index in [-0.39, 0.29) is 11.8 Å². The van der Waals surface area contributed by atoms with Gasteiger partial charge in [0, 0.05) is 23.1 Å². The zero-order chi connectivity index (χ0) is 15.2. The van der Waals surface area contributed by atoms with Crippen molar-refractivity contribution in [3.63, 3.8) is 0 Å². The number of benzene rings is 1. The summed E-state index contributed by atoms with van der Waals surface area (Å²) in [5.74, 6) is -0.463. The van der Waals surface area contributed by atoms with E-state index in [2.05, 4.69) is 31.8 Å². The normalized spacial score (nSPS) is 10.6. The largest absolute Gasteiger partial charge is 0.326 e. The van der Waals surface area contributed by atoms with Crippen LogP contribution >= 0.6 is 27.3 Å². The van der Waals surface area contributed by atoms with Gasteiger partial charge in [0.1, 0.15) is 0 Å². The summed E-state index contributed by atoms with van der Waals surface area (Å²) in [4.78, 5) is 23.7. The van der Waals surface area contributed by atoms with Gasteiger partial charge >= 0.3 is 0 Å². The molecule has 7 heteroatoms. The van der Waals surface area contributed by atoms with Crippen LogP contribution in [-0.4, -0.2) is 18.0 Å². The van der Waals surface area contributed by atoms with E-state index in [1.807, 2.05) is 12.1 Å². The maximum absolute atomic E-state index is 11.9. The molecule has 2 rings (SSSR count). The summed E-state index contributed by atoms with van der Waals surface area (Å²) in [7, 11) is 0. The maximum Gasteiger partial charge on any atom is 0.271 e. The van der Waals surface area contributed by atoms with Gasteiger partial charge in [0.15, 0.2) is 0 Å². The lowest BCUT2D eigenvalue weighted by atomic mass is 10.2. The van der Waals surface area contributed by atoms with Crippen LogP contribution < -0.4 is 10.7 Å². The zero-order valence-corrected chi connectivity index (χ0v) is 13.5. The Morgan fingerprint density at radius 2 is 1.90 bits per heavy atom. The fraction of sp³-hybridized carbons (Fsp3) is 0.0714. The predicted molar refractivity (Wildman–Crippen MR) is 87.8 cm³/mol. The number of amides is 2. The highest BCUT2D eigenvalue weighted by Crippen LogP contribution is 2.20. The minimum atomic E-state index is -0.309. The Bertz CT molecular complexity index is 680. The first-order chi connectivity index (χ1) is 10.0. The SMILES string of the molecule is CC(=O)Nc1ccc(C(=O)N/N=C/c2ccc(Br)s2)cc1. The van der Waals surface area contributed by atoms with Crippen LogP contribution in [0.4, 0.5) is 5.69 Å². The number of thiophene rings is 1. The summed E-state index contributed by atoms with van der Waals surface area (Å²) in [6.45, 7) is 1.43. The molecule has 0 radical (unpaired) electrons. The highest BCUT2D eigenvalue weighted by atomic mass is 79.9. The van der Waals surface area contributed by atoms with Crippen LogP contribution in [0.2, 0.25) is 0 Å². The minimum absolute atomic E-state index is 0.154. The maximum atomic E-state index is 11.9. The van der Waals surface area contributed by atoms with Gasteiger partial charge < -0.3 is 5.32 Å². The highest BCUT2D eigenvalue weighted by Gasteiger charge is 2.04. The molecule has 0 spiro atoms. The first kappa shape index (κ1) is 15.4. The van der Waals surface area contributed by atoms with Crippen molar-refractivity contribution in [3.05, 3.63) is 50.6 Å². The number of nitrogens with zero attached hydrogens (tertiary/aromatic N) is 1. The highest BCUT2D eigenvalue weighted by molar-refractivity contribution is 9.11. The van der Waals surface area contributed by atoms with Gasteiger partial charge in [0.05, 0.1) is 10.0 Å². The first-order valence-electron chi connectivity index (χ1n) is 6.01. The van der Waals surface area contributed by atoms with Crippen LogP contribution in [0.15, 0.2) is 45.3 Å². The monoisotopic (exact) mass is 365 g/mol. The number of hydrogen-bond donors (Lipinski definition) is 2. The smallest absolute Gasteiger partial charge is 0.271 e. The van der Waals surface area contributed by atoms with Crippen molar-refractivity contribution in [2.75, 3.05) is 5.32 Å². The second-order valence-electron chi connectivity index (χ2n) is 4.10. The van der Waals surface area contributed by atoms with E-state index in [1.54, 1.807) is 30.5 Å². The van der Waals surface area contributed by atoms with Crippen molar-refractivity contribution in [2.24, 2.45) is 5.10 Å². The minimum Gasteiger partial charge on any atom is -0.326 e. The van der Waals surface area contributed by atoms with Gasteiger partial charge in [-0.3, -0.25) is 9.59 Å². The van der Waals surface area contributed by atoms with Gasteiger partial charge in [-0.1, -0.05) is 0 Å². The molecule has 2 amide bonds. The third-order valence-electron chi connectivity index (χ3n) is 2.42. The third kappa shape index (κ3) is 4.80. The Kier molecular flexibility index (Phi) is 5.24. The van der Waals surface area contributed by atoms with Crippen molar-refractivity contribution in [1.29, 1.82) is 0 Å². The van der Waals surface area contributed by atoms with E-state index < -0.39 is 0 Å². The van der Waals surface area contributed by atoms with Gasteiger partial charge in [0.25, 0.3) is 5.91 Å². The Labute approximate surface area is 134 Å². The molecule has 0 saturated heterocycles. The zero-order valence-electron chi connectivity index (χ0n) is 11.1. The van der Waals surface area contributed by atoms with Gasteiger partial charge in [0.2, 0.25) is 5.91 Å². The molecule has 0 unspecified atom stereocenters. The number of anilines is 1. The van der Waals surface area contributed by atoms with Crippen LogP contribution in [0.5, 0.6) is 0 Å². The lowest BCUT2D eigenvalue weighted by molar-refractivity contribution is -0.114. The van der Waals surface area contributed by atoms with Crippen molar-refractivity contribution >= 4 is 51.0 Å². The van der Waals surface area contributed by atoms with Gasteiger partial charge in [-0.25, -0.2) is 5.43 Å². The average Bonchev–Trinajstić information content (AvgIpc) is 2.84. The lowest BCUT2D eigenvalue weighted by Crippen LogP contribution is -2.17. The second-order valence-corrected chi connectivity index (χ2v) is 6.59. The molecular weight excluding hydrogens is 354 g/mol. The van der Waals surface area contributed by atoms with E-state index in [4.69, 9.17) is 0 Å². The van der Waals surface area contributed by atoms with E-state index in [0.29, 0.717) is 11.3 Å². The summed E-state index contributed by atoms with van der Waals surface area (Å²) in [6, 6.07) is 10.4. The standard InChI is InChI=1S/C14H12BrN3O2S/c1-9(19)17-11-4-2-10(3-5-11)14(20)18-16-8-12-6-7-13(15)21-12/h2-8H,1H3,(H,17,19)(H,18,20)/b16-8+. The number of halogens is 1. The molecule has 0 bridgehead atoms. The molecule has 0 saturated carbocycles. The first-order valence-corrected chi connectivity index (χ1v) is 7.62. The topological polar surface area (TPSA) is 70.6 Å². The summed E-state index contributed by atoms with van der Waals surface area (Å²) in [5.41, 5.74) is 3.56. The number of nitrogens with one attached hydrogen (secondary N) is 2. The molecule has 0 aliphatic carbocycles. The van der Waals surface area contributed by atoms with Gasteiger partial charge in [-0.15, -0.1) is 11.3 Å². The quantitative estimate of drug-likeness (QED) is 0.644. The number of carbonyl (C=O) groups excluding carboxylic acids is 2. The van der Waals surface area contributed by atoms with Gasteiger partial charge in [-0.05, 0) is 52.3 Å². The van der Waals surface area contributed by atoms with Crippen LogP contribution in [0, 0.1) is 0 Å². The van der Waals surface area contributed by atoms with E-state index in [9.17, 15) is 9.59 Å². The summed E-state index contributed by atoms with van der Waals surface area (Å²) < 4.78 is 1.00. The molecule has 0 fully saturated rings. The van der Waals surface area contributed by atoms with Crippen molar-refractivity contribution in [1.82, 2.24) is 5.43 Å². The molecule has 5 nitrogen and oxygen atoms in total. The molecule has 2 aromatic rings. The Morgan fingerprint density at radius 1 is 1.19 bits per heavy atom. The molecule has 1 heterocycles. The molecule has 21 heavy (non-hydrogen) atoms. The molecule has 2 N–H and O–H groups in total. The second kappa shape index (κ2) is 7.14. The molecule has 1 aromatic carbocycles. The molecule has 0 atom stereocenters. The molecular formula is C14H12BrN3O2S. The van der Waals surface area contributed by atoms with Crippen LogP contribution in [-0.2, 0) is 4.79 Å². The fourth-order valence-corrected chi connectivity index (χ4v) is 2.82. The third-order valence-corrected chi connectivity index (χ3v) is 3.98. The fourth-order valence-electron chi connectivity index (χ4n) is 1.52. The molecule has 0 aliphatic rings.